The number of carbonyl (C=O) groups excluding carboxylic acids is 1. The van der Waals surface area contributed by atoms with Gasteiger partial charge in [0.05, 0.1) is 0 Å². The third kappa shape index (κ3) is 3.25. The molecule has 1 amide bonds. The lowest BCUT2D eigenvalue weighted by molar-refractivity contribution is 0.0932. The summed E-state index contributed by atoms with van der Waals surface area (Å²) in [4.78, 5) is 12.1. The van der Waals surface area contributed by atoms with E-state index in [0.29, 0.717) is 17.3 Å². The zero-order chi connectivity index (χ0) is 13.1. The quantitative estimate of drug-likeness (QED) is 0.785. The van der Waals surface area contributed by atoms with Gasteiger partial charge in [-0.05, 0) is 43.4 Å². The van der Waals surface area contributed by atoms with E-state index in [-0.39, 0.29) is 5.91 Å². The van der Waals surface area contributed by atoms with Gasteiger partial charge in [0.1, 0.15) is 0 Å². The van der Waals surface area contributed by atoms with Crippen LogP contribution in [-0.2, 0) is 0 Å². The van der Waals surface area contributed by atoms with Gasteiger partial charge in [0.25, 0.3) is 5.91 Å². The lowest BCUT2D eigenvalue weighted by atomic mass is 10.1. The van der Waals surface area contributed by atoms with E-state index in [4.69, 9.17) is 5.73 Å². The SMILES string of the molecule is CCC(CC1CC1)NC(=O)c1ccc(C)c(N)c1. The van der Waals surface area contributed by atoms with Gasteiger partial charge in [-0.15, -0.1) is 0 Å². The number of nitrogens with one attached hydrogen (secondary N) is 1. The van der Waals surface area contributed by atoms with Crippen LogP contribution in [0.2, 0.25) is 0 Å². The minimum absolute atomic E-state index is 0.00537. The van der Waals surface area contributed by atoms with Gasteiger partial charge in [-0.2, -0.15) is 0 Å². The maximum Gasteiger partial charge on any atom is 0.251 e. The molecule has 0 radical (unpaired) electrons. The summed E-state index contributed by atoms with van der Waals surface area (Å²) >= 11 is 0. The molecule has 18 heavy (non-hydrogen) atoms. The molecule has 0 saturated heterocycles. The molecule has 0 bridgehead atoms. The molecule has 3 nitrogen and oxygen atoms in total. The van der Waals surface area contributed by atoms with E-state index in [0.717, 1.165) is 24.3 Å². The van der Waals surface area contributed by atoms with Crippen LogP contribution >= 0.6 is 0 Å². The fourth-order valence-corrected chi connectivity index (χ4v) is 2.13. The third-order valence-corrected chi connectivity index (χ3v) is 3.68. The number of nitrogen functional groups attached to an aromatic ring is 1. The Kier molecular flexibility index (Phi) is 3.90. The maximum atomic E-state index is 12.1. The van der Waals surface area contributed by atoms with E-state index in [1.165, 1.54) is 12.8 Å². The number of hydrogen-bond acceptors (Lipinski definition) is 2. The molecule has 3 heteroatoms. The number of carbonyl (C=O) groups is 1. The Morgan fingerprint density at radius 2 is 2.22 bits per heavy atom. The summed E-state index contributed by atoms with van der Waals surface area (Å²) in [5.41, 5.74) is 8.18. The number of amides is 1. The highest BCUT2D eigenvalue weighted by atomic mass is 16.1. The van der Waals surface area contributed by atoms with Crippen molar-refractivity contribution >= 4 is 11.6 Å². The van der Waals surface area contributed by atoms with E-state index >= 15 is 0 Å². The van der Waals surface area contributed by atoms with Crippen LogP contribution in [0.5, 0.6) is 0 Å². The van der Waals surface area contributed by atoms with Gasteiger partial charge in [0, 0.05) is 17.3 Å². The first kappa shape index (κ1) is 12.9. The molecule has 1 saturated carbocycles. The molecule has 3 N–H and O–H groups in total. The van der Waals surface area contributed by atoms with Crippen molar-refractivity contribution in [3.05, 3.63) is 29.3 Å². The molecule has 0 spiro atoms. The minimum Gasteiger partial charge on any atom is -0.398 e. The normalized spacial score (nSPS) is 16.3. The first-order chi connectivity index (χ1) is 8.60. The Morgan fingerprint density at radius 1 is 1.50 bits per heavy atom. The van der Waals surface area contributed by atoms with Crippen LogP contribution in [0.1, 0.15) is 48.5 Å². The Hall–Kier alpha value is -1.51. The van der Waals surface area contributed by atoms with Gasteiger partial charge in [0.2, 0.25) is 0 Å². The average molecular weight is 246 g/mol. The minimum atomic E-state index is -0.00537. The van der Waals surface area contributed by atoms with Crippen LogP contribution in [0.4, 0.5) is 5.69 Å². The van der Waals surface area contributed by atoms with E-state index in [1.54, 1.807) is 6.07 Å². The fourth-order valence-electron chi connectivity index (χ4n) is 2.13. The molecule has 1 aliphatic rings. The Balaban J connectivity index is 1.98. The highest BCUT2D eigenvalue weighted by molar-refractivity contribution is 5.95. The Morgan fingerprint density at radius 3 is 2.78 bits per heavy atom. The predicted molar refractivity (Wildman–Crippen MR) is 74.5 cm³/mol. The topological polar surface area (TPSA) is 55.1 Å². The second-order valence-corrected chi connectivity index (χ2v) is 5.33. The van der Waals surface area contributed by atoms with E-state index < -0.39 is 0 Å². The van der Waals surface area contributed by atoms with Gasteiger partial charge in [-0.3, -0.25) is 4.79 Å². The van der Waals surface area contributed by atoms with Gasteiger partial charge in [-0.25, -0.2) is 0 Å². The highest BCUT2D eigenvalue weighted by Gasteiger charge is 2.25. The number of aryl methyl sites for hydroxylation is 1. The molecule has 2 rings (SSSR count). The molecule has 1 unspecified atom stereocenters. The highest BCUT2D eigenvalue weighted by Crippen LogP contribution is 2.34. The lowest BCUT2D eigenvalue weighted by Crippen LogP contribution is -2.34. The zero-order valence-electron chi connectivity index (χ0n) is 11.2. The summed E-state index contributed by atoms with van der Waals surface area (Å²) in [6.07, 6.45) is 4.75. The molecule has 1 aromatic rings. The first-order valence-corrected chi connectivity index (χ1v) is 6.77. The summed E-state index contributed by atoms with van der Waals surface area (Å²) in [5, 5.41) is 3.11. The summed E-state index contributed by atoms with van der Waals surface area (Å²) in [7, 11) is 0. The van der Waals surface area contributed by atoms with Gasteiger partial charge >= 0.3 is 0 Å². The van der Waals surface area contributed by atoms with E-state index in [1.807, 2.05) is 19.1 Å². The molecular formula is C15H22N2O. The lowest BCUT2D eigenvalue weighted by Gasteiger charge is -2.17. The molecular weight excluding hydrogens is 224 g/mol. The van der Waals surface area contributed by atoms with Crippen molar-refractivity contribution in [3.63, 3.8) is 0 Å². The molecule has 0 aliphatic heterocycles. The molecule has 1 aliphatic carbocycles. The summed E-state index contributed by atoms with van der Waals surface area (Å²) in [6, 6.07) is 5.79. The van der Waals surface area contributed by atoms with Crippen molar-refractivity contribution in [1.82, 2.24) is 5.32 Å². The summed E-state index contributed by atoms with van der Waals surface area (Å²) in [5.74, 6) is 0.826. The van der Waals surface area contributed by atoms with E-state index in [9.17, 15) is 4.79 Å². The second-order valence-electron chi connectivity index (χ2n) is 5.33. The van der Waals surface area contributed by atoms with Crippen LogP contribution in [0.15, 0.2) is 18.2 Å². The molecule has 98 valence electrons. The molecule has 1 fully saturated rings. The number of hydrogen-bond donors (Lipinski definition) is 2. The predicted octanol–water partition coefficient (Wildman–Crippen LogP) is 2.89. The van der Waals surface area contributed by atoms with Crippen molar-refractivity contribution < 1.29 is 4.79 Å². The van der Waals surface area contributed by atoms with Crippen LogP contribution in [-0.4, -0.2) is 11.9 Å². The molecule has 0 heterocycles. The van der Waals surface area contributed by atoms with Crippen molar-refractivity contribution in [3.8, 4) is 0 Å². The molecule has 0 aromatic heterocycles. The van der Waals surface area contributed by atoms with Crippen molar-refractivity contribution in [1.29, 1.82) is 0 Å². The van der Waals surface area contributed by atoms with Crippen molar-refractivity contribution in [2.24, 2.45) is 5.92 Å². The summed E-state index contributed by atoms with van der Waals surface area (Å²) in [6.45, 7) is 4.07. The zero-order valence-corrected chi connectivity index (χ0v) is 11.2. The Bertz CT molecular complexity index is 438. The van der Waals surface area contributed by atoms with Gasteiger partial charge in [-0.1, -0.05) is 25.8 Å². The number of anilines is 1. The number of benzene rings is 1. The van der Waals surface area contributed by atoms with E-state index in [2.05, 4.69) is 12.2 Å². The van der Waals surface area contributed by atoms with Crippen LogP contribution in [0.25, 0.3) is 0 Å². The summed E-state index contributed by atoms with van der Waals surface area (Å²) < 4.78 is 0. The second kappa shape index (κ2) is 5.42. The van der Waals surface area contributed by atoms with Gasteiger partial charge in [0.15, 0.2) is 0 Å². The van der Waals surface area contributed by atoms with Crippen molar-refractivity contribution in [2.45, 2.75) is 45.6 Å². The van der Waals surface area contributed by atoms with Crippen LogP contribution in [0.3, 0.4) is 0 Å². The largest absolute Gasteiger partial charge is 0.398 e. The fraction of sp³-hybridized carbons (Fsp3) is 0.533. The van der Waals surface area contributed by atoms with Crippen molar-refractivity contribution in [2.75, 3.05) is 5.73 Å². The van der Waals surface area contributed by atoms with Gasteiger partial charge < -0.3 is 11.1 Å². The molecule has 1 aromatic carbocycles. The number of nitrogens with two attached hydrogens (primary N) is 1. The first-order valence-electron chi connectivity index (χ1n) is 6.77. The van der Waals surface area contributed by atoms with Crippen LogP contribution < -0.4 is 11.1 Å². The Labute approximate surface area is 109 Å². The number of rotatable bonds is 5. The third-order valence-electron chi connectivity index (χ3n) is 3.68. The smallest absolute Gasteiger partial charge is 0.251 e. The maximum absolute atomic E-state index is 12.1. The monoisotopic (exact) mass is 246 g/mol. The standard InChI is InChI=1S/C15H22N2O/c1-3-13(8-11-5-6-11)17-15(18)12-7-4-10(2)14(16)9-12/h4,7,9,11,13H,3,5-6,8,16H2,1-2H3,(H,17,18). The molecule has 1 atom stereocenters. The average Bonchev–Trinajstić information content (AvgIpc) is 3.15. The van der Waals surface area contributed by atoms with Crippen LogP contribution in [0, 0.1) is 12.8 Å².